The molecular weight excluding hydrogens is 188 g/mol. The molecule has 0 fully saturated rings. The molecule has 74 valence electrons. The second kappa shape index (κ2) is 5.82. The zero-order valence-corrected chi connectivity index (χ0v) is 8.82. The van der Waals surface area contributed by atoms with Crippen LogP contribution in [0.25, 0.3) is 0 Å². The van der Waals surface area contributed by atoms with E-state index in [0.29, 0.717) is 25.3 Å². The molecule has 0 aromatic heterocycles. The van der Waals surface area contributed by atoms with Crippen LogP contribution in [0.15, 0.2) is 0 Å². The summed E-state index contributed by atoms with van der Waals surface area (Å²) in [6, 6.07) is 2.11. The number of nitrogens with zero attached hydrogens (tertiary/aromatic N) is 1. The largest absolute Gasteiger partial charge is 0.355 e. The van der Waals surface area contributed by atoms with Crippen molar-refractivity contribution in [1.82, 2.24) is 5.32 Å². The maximum atomic E-state index is 11.1. The molecule has 0 spiro atoms. The molecule has 0 aliphatic rings. The topological polar surface area (TPSA) is 52.9 Å². The minimum absolute atomic E-state index is 0.0380. The lowest BCUT2D eigenvalue weighted by Gasteiger charge is -2.15. The third-order valence-corrected chi connectivity index (χ3v) is 1.83. The van der Waals surface area contributed by atoms with E-state index in [-0.39, 0.29) is 5.91 Å². The quantitative estimate of drug-likeness (QED) is 0.690. The second-order valence-electron chi connectivity index (χ2n) is 3.56. The first kappa shape index (κ1) is 12.2. The summed E-state index contributed by atoms with van der Waals surface area (Å²) in [5, 5.41) is 11.3. The van der Waals surface area contributed by atoms with Gasteiger partial charge in [0.2, 0.25) is 5.91 Å². The van der Waals surface area contributed by atoms with Gasteiger partial charge in [0.1, 0.15) is 0 Å². The smallest absolute Gasteiger partial charge is 0.220 e. The first-order valence-electron chi connectivity index (χ1n) is 4.26. The Labute approximate surface area is 84.1 Å². The highest BCUT2D eigenvalue weighted by Crippen LogP contribution is 2.10. The summed E-state index contributed by atoms with van der Waals surface area (Å²) in [6.07, 6.45) is 1.12. The van der Waals surface area contributed by atoms with Gasteiger partial charge >= 0.3 is 0 Å². The molecule has 0 aromatic rings. The lowest BCUT2D eigenvalue weighted by molar-refractivity contribution is -0.121. The van der Waals surface area contributed by atoms with E-state index in [1.54, 1.807) is 13.8 Å². The predicted molar refractivity (Wildman–Crippen MR) is 52.4 cm³/mol. The van der Waals surface area contributed by atoms with E-state index in [2.05, 4.69) is 11.4 Å². The standard InChI is InChI=1S/C9H15ClN2O/c1-9(2,6-11)7-12-8(13)4-3-5-10/h3-5,7H2,1-2H3,(H,12,13). The number of nitrogens with one attached hydrogen (secondary N) is 1. The molecule has 1 N–H and O–H groups in total. The molecule has 4 heteroatoms. The van der Waals surface area contributed by atoms with Gasteiger partial charge in [-0.25, -0.2) is 0 Å². The highest BCUT2D eigenvalue weighted by Gasteiger charge is 2.17. The fourth-order valence-corrected chi connectivity index (χ4v) is 0.808. The molecular formula is C9H15ClN2O. The first-order chi connectivity index (χ1) is 6.02. The molecule has 0 aliphatic heterocycles. The fraction of sp³-hybridized carbons (Fsp3) is 0.778. The number of carbonyl (C=O) groups is 1. The van der Waals surface area contributed by atoms with Crippen LogP contribution in [0.2, 0.25) is 0 Å². The number of hydrogen-bond donors (Lipinski definition) is 1. The zero-order valence-electron chi connectivity index (χ0n) is 8.06. The van der Waals surface area contributed by atoms with Crippen LogP contribution in [0.1, 0.15) is 26.7 Å². The van der Waals surface area contributed by atoms with E-state index in [4.69, 9.17) is 16.9 Å². The summed E-state index contributed by atoms with van der Waals surface area (Å²) in [7, 11) is 0. The molecule has 0 saturated carbocycles. The number of alkyl halides is 1. The van der Waals surface area contributed by atoms with Crippen molar-refractivity contribution in [2.24, 2.45) is 5.41 Å². The Morgan fingerprint density at radius 3 is 2.69 bits per heavy atom. The van der Waals surface area contributed by atoms with Gasteiger partial charge in [-0.1, -0.05) is 0 Å². The second-order valence-corrected chi connectivity index (χ2v) is 3.94. The van der Waals surface area contributed by atoms with Crippen molar-refractivity contribution in [2.75, 3.05) is 12.4 Å². The molecule has 1 amide bonds. The van der Waals surface area contributed by atoms with E-state index in [1.807, 2.05) is 0 Å². The zero-order chi connectivity index (χ0) is 10.3. The molecule has 0 aliphatic carbocycles. The maximum absolute atomic E-state index is 11.1. The number of carbonyl (C=O) groups excluding carboxylic acids is 1. The normalized spacial score (nSPS) is 10.6. The summed E-state index contributed by atoms with van der Waals surface area (Å²) in [5.74, 6) is 0.457. The molecule has 0 bridgehead atoms. The van der Waals surface area contributed by atoms with E-state index >= 15 is 0 Å². The average molecular weight is 203 g/mol. The highest BCUT2D eigenvalue weighted by molar-refractivity contribution is 6.17. The summed E-state index contributed by atoms with van der Waals surface area (Å²) in [5.41, 5.74) is -0.489. The molecule has 0 radical (unpaired) electrons. The average Bonchev–Trinajstić information content (AvgIpc) is 2.11. The van der Waals surface area contributed by atoms with E-state index in [0.717, 1.165) is 0 Å². The third kappa shape index (κ3) is 6.41. The minimum atomic E-state index is -0.489. The van der Waals surface area contributed by atoms with Crippen LogP contribution in [0.4, 0.5) is 0 Å². The van der Waals surface area contributed by atoms with Gasteiger partial charge in [0.15, 0.2) is 0 Å². The number of rotatable bonds is 5. The van der Waals surface area contributed by atoms with Gasteiger partial charge in [0.25, 0.3) is 0 Å². The molecule has 3 nitrogen and oxygen atoms in total. The van der Waals surface area contributed by atoms with Crippen LogP contribution in [-0.4, -0.2) is 18.3 Å². The summed E-state index contributed by atoms with van der Waals surface area (Å²) >= 11 is 5.43. The van der Waals surface area contributed by atoms with Crippen LogP contribution in [0.5, 0.6) is 0 Å². The molecule has 13 heavy (non-hydrogen) atoms. The SMILES string of the molecule is CC(C)(C#N)CNC(=O)CCCCl. The maximum Gasteiger partial charge on any atom is 0.220 e. The van der Waals surface area contributed by atoms with Gasteiger partial charge in [0.05, 0.1) is 11.5 Å². The Hall–Kier alpha value is -0.750. The van der Waals surface area contributed by atoms with Crippen LogP contribution in [0, 0.1) is 16.7 Å². The highest BCUT2D eigenvalue weighted by atomic mass is 35.5. The molecule has 0 saturated heterocycles. The van der Waals surface area contributed by atoms with Gasteiger partial charge in [-0.05, 0) is 20.3 Å². The monoisotopic (exact) mass is 202 g/mol. The molecule has 0 rings (SSSR count). The number of hydrogen-bond acceptors (Lipinski definition) is 2. The van der Waals surface area contributed by atoms with Crippen molar-refractivity contribution in [1.29, 1.82) is 5.26 Å². The number of halogens is 1. The van der Waals surface area contributed by atoms with Crippen LogP contribution in [-0.2, 0) is 4.79 Å². The molecule has 0 atom stereocenters. The Morgan fingerprint density at radius 2 is 2.23 bits per heavy atom. The first-order valence-corrected chi connectivity index (χ1v) is 4.79. The van der Waals surface area contributed by atoms with Crippen molar-refractivity contribution in [3.05, 3.63) is 0 Å². The Bertz CT molecular complexity index is 208. The van der Waals surface area contributed by atoms with E-state index in [9.17, 15) is 4.79 Å². The Kier molecular flexibility index (Phi) is 5.48. The van der Waals surface area contributed by atoms with Crippen molar-refractivity contribution < 1.29 is 4.79 Å². The lowest BCUT2D eigenvalue weighted by Crippen LogP contribution is -2.32. The van der Waals surface area contributed by atoms with Crippen LogP contribution >= 0.6 is 11.6 Å². The van der Waals surface area contributed by atoms with Gasteiger partial charge in [-0.2, -0.15) is 5.26 Å². The predicted octanol–water partition coefficient (Wildman–Crippen LogP) is 1.67. The molecule has 0 aromatic carbocycles. The van der Waals surface area contributed by atoms with Crippen LogP contribution in [0.3, 0.4) is 0 Å². The summed E-state index contributed by atoms with van der Waals surface area (Å²) in [6.45, 7) is 3.97. The van der Waals surface area contributed by atoms with Crippen molar-refractivity contribution in [2.45, 2.75) is 26.7 Å². The van der Waals surface area contributed by atoms with Gasteiger partial charge in [-0.3, -0.25) is 4.79 Å². The molecule has 0 unspecified atom stereocenters. The van der Waals surface area contributed by atoms with Gasteiger partial charge in [0, 0.05) is 18.8 Å². The number of amides is 1. The van der Waals surface area contributed by atoms with E-state index < -0.39 is 5.41 Å². The van der Waals surface area contributed by atoms with Crippen molar-refractivity contribution in [3.8, 4) is 6.07 Å². The lowest BCUT2D eigenvalue weighted by atomic mass is 9.96. The Morgan fingerprint density at radius 1 is 1.62 bits per heavy atom. The van der Waals surface area contributed by atoms with Crippen molar-refractivity contribution >= 4 is 17.5 Å². The molecule has 0 heterocycles. The van der Waals surface area contributed by atoms with Crippen molar-refractivity contribution in [3.63, 3.8) is 0 Å². The van der Waals surface area contributed by atoms with Gasteiger partial charge < -0.3 is 5.32 Å². The van der Waals surface area contributed by atoms with E-state index in [1.165, 1.54) is 0 Å². The minimum Gasteiger partial charge on any atom is -0.355 e. The third-order valence-electron chi connectivity index (χ3n) is 1.57. The van der Waals surface area contributed by atoms with Gasteiger partial charge in [-0.15, -0.1) is 11.6 Å². The summed E-state index contributed by atoms with van der Waals surface area (Å²) < 4.78 is 0. The fourth-order valence-electron chi connectivity index (χ4n) is 0.675. The summed E-state index contributed by atoms with van der Waals surface area (Å²) in [4.78, 5) is 11.1. The Balaban J connectivity index is 3.65. The number of nitriles is 1. The van der Waals surface area contributed by atoms with Crippen LogP contribution < -0.4 is 5.32 Å².